The molecule has 0 radical (unpaired) electrons. The fraction of sp³-hybridized carbons (Fsp3) is 0.130. The number of aliphatic imine (C=N–C) groups is 1. The van der Waals surface area contributed by atoms with Gasteiger partial charge in [0.2, 0.25) is 0 Å². The molecule has 0 saturated heterocycles. The van der Waals surface area contributed by atoms with E-state index in [1.807, 2.05) is 54.6 Å². The maximum absolute atomic E-state index is 12.1. The summed E-state index contributed by atoms with van der Waals surface area (Å²) in [7, 11) is 0. The van der Waals surface area contributed by atoms with Crippen molar-refractivity contribution in [2.24, 2.45) is 4.99 Å². The van der Waals surface area contributed by atoms with E-state index in [-0.39, 0.29) is 11.8 Å². The molecule has 26 heavy (non-hydrogen) atoms. The molecular formula is C23H20N2O. The van der Waals surface area contributed by atoms with Crippen molar-refractivity contribution in [1.29, 1.82) is 0 Å². The molecule has 0 N–H and O–H groups in total. The molecule has 1 atom stereocenters. The molecule has 0 fully saturated rings. The van der Waals surface area contributed by atoms with Crippen LogP contribution in [-0.2, 0) is 4.79 Å². The van der Waals surface area contributed by atoms with Crippen molar-refractivity contribution in [1.82, 2.24) is 0 Å². The number of para-hydroxylation sites is 2. The molecule has 3 aromatic rings. The van der Waals surface area contributed by atoms with E-state index in [4.69, 9.17) is 4.99 Å². The van der Waals surface area contributed by atoms with Gasteiger partial charge >= 0.3 is 0 Å². The van der Waals surface area contributed by atoms with Gasteiger partial charge in [-0.15, -0.1) is 0 Å². The number of ketones is 1. The van der Waals surface area contributed by atoms with Crippen LogP contribution in [0.5, 0.6) is 0 Å². The Kier molecular flexibility index (Phi) is 4.36. The summed E-state index contributed by atoms with van der Waals surface area (Å²) < 4.78 is 0. The van der Waals surface area contributed by atoms with Crippen LogP contribution in [0.25, 0.3) is 0 Å². The van der Waals surface area contributed by atoms with Crippen LogP contribution in [0.15, 0.2) is 89.9 Å². The van der Waals surface area contributed by atoms with Gasteiger partial charge in [0.15, 0.2) is 0 Å². The molecule has 1 unspecified atom stereocenters. The predicted molar refractivity (Wildman–Crippen MR) is 106 cm³/mol. The van der Waals surface area contributed by atoms with Crippen LogP contribution in [0.4, 0.5) is 11.4 Å². The highest BCUT2D eigenvalue weighted by Gasteiger charge is 2.32. The smallest absolute Gasteiger partial charge is 0.141 e. The van der Waals surface area contributed by atoms with E-state index in [1.165, 1.54) is 0 Å². The molecule has 0 bridgehead atoms. The third-order valence-corrected chi connectivity index (χ3v) is 4.61. The van der Waals surface area contributed by atoms with Crippen molar-refractivity contribution in [2.45, 2.75) is 19.4 Å². The molecule has 3 heteroatoms. The fourth-order valence-corrected chi connectivity index (χ4v) is 3.48. The molecule has 0 aliphatic carbocycles. The van der Waals surface area contributed by atoms with E-state index in [1.54, 1.807) is 6.92 Å². The average Bonchev–Trinajstić information content (AvgIpc) is 2.68. The minimum absolute atomic E-state index is 0.0705. The molecule has 0 spiro atoms. The van der Waals surface area contributed by atoms with Gasteiger partial charge in [0.25, 0.3) is 0 Å². The van der Waals surface area contributed by atoms with Crippen molar-refractivity contribution >= 4 is 23.0 Å². The number of fused-ring (bicyclic) bond motifs is 1. The Labute approximate surface area is 153 Å². The number of amidine groups is 1. The van der Waals surface area contributed by atoms with Gasteiger partial charge in [0, 0.05) is 23.2 Å². The van der Waals surface area contributed by atoms with Crippen molar-refractivity contribution in [3.8, 4) is 0 Å². The zero-order chi connectivity index (χ0) is 17.9. The van der Waals surface area contributed by atoms with E-state index in [0.717, 1.165) is 28.3 Å². The normalized spacial score (nSPS) is 16.0. The van der Waals surface area contributed by atoms with Crippen LogP contribution >= 0.6 is 0 Å². The Balaban J connectivity index is 1.94. The highest BCUT2D eigenvalue weighted by Crippen LogP contribution is 2.40. The number of hydrogen-bond donors (Lipinski definition) is 0. The van der Waals surface area contributed by atoms with Crippen LogP contribution in [0.2, 0.25) is 0 Å². The lowest BCUT2D eigenvalue weighted by Gasteiger charge is -2.38. The first kappa shape index (κ1) is 16.3. The second-order valence-electron chi connectivity index (χ2n) is 6.49. The number of hydrogen-bond acceptors (Lipinski definition) is 3. The molecule has 3 aromatic carbocycles. The Hall–Kier alpha value is -3.20. The first-order valence-electron chi connectivity index (χ1n) is 8.81. The molecule has 0 amide bonds. The summed E-state index contributed by atoms with van der Waals surface area (Å²) in [6.45, 7) is 1.65. The predicted octanol–water partition coefficient (Wildman–Crippen LogP) is 5.31. The van der Waals surface area contributed by atoms with Gasteiger partial charge < -0.3 is 4.90 Å². The van der Waals surface area contributed by atoms with E-state index < -0.39 is 0 Å². The number of rotatable bonds is 4. The zero-order valence-electron chi connectivity index (χ0n) is 14.7. The third kappa shape index (κ3) is 3.04. The summed E-state index contributed by atoms with van der Waals surface area (Å²) in [6, 6.07) is 28.4. The Morgan fingerprint density at radius 2 is 1.50 bits per heavy atom. The Morgan fingerprint density at radius 3 is 2.19 bits per heavy atom. The van der Waals surface area contributed by atoms with E-state index in [2.05, 4.69) is 35.2 Å². The molecule has 3 nitrogen and oxygen atoms in total. The van der Waals surface area contributed by atoms with E-state index >= 15 is 0 Å². The molecule has 1 aliphatic heterocycles. The summed E-state index contributed by atoms with van der Waals surface area (Å²) in [5, 5.41) is 0. The summed E-state index contributed by atoms with van der Waals surface area (Å²) in [4.78, 5) is 19.2. The first-order valence-corrected chi connectivity index (χ1v) is 8.81. The maximum Gasteiger partial charge on any atom is 0.141 e. The number of carbonyl (C=O) groups excluding carboxylic acids is 1. The number of Topliss-reactive ketones (excluding diaryl/α,β-unsaturated/α-hetero) is 1. The molecule has 0 saturated carbocycles. The minimum Gasteiger partial charge on any atom is -0.318 e. The highest BCUT2D eigenvalue weighted by atomic mass is 16.1. The quantitative estimate of drug-likeness (QED) is 0.645. The Bertz CT molecular complexity index is 948. The topological polar surface area (TPSA) is 32.7 Å². The van der Waals surface area contributed by atoms with Crippen molar-refractivity contribution < 1.29 is 4.79 Å². The zero-order valence-corrected chi connectivity index (χ0v) is 14.7. The SMILES string of the molecule is CC(=O)CC1c2ccccc2N=C(c2ccccc2)N1c1ccccc1. The molecular weight excluding hydrogens is 320 g/mol. The lowest BCUT2D eigenvalue weighted by molar-refractivity contribution is -0.117. The summed E-state index contributed by atoms with van der Waals surface area (Å²) >= 11 is 0. The average molecular weight is 340 g/mol. The highest BCUT2D eigenvalue weighted by molar-refractivity contribution is 6.13. The second-order valence-corrected chi connectivity index (χ2v) is 6.49. The van der Waals surface area contributed by atoms with Gasteiger partial charge in [0.1, 0.15) is 11.6 Å². The van der Waals surface area contributed by atoms with Crippen LogP contribution in [-0.4, -0.2) is 11.6 Å². The molecule has 1 heterocycles. The van der Waals surface area contributed by atoms with Gasteiger partial charge in [-0.1, -0.05) is 66.7 Å². The summed E-state index contributed by atoms with van der Waals surface area (Å²) in [5.41, 5.74) is 4.10. The molecule has 1 aliphatic rings. The standard InChI is InChI=1S/C23H20N2O/c1-17(26)16-22-20-14-8-9-15-21(20)24-23(18-10-4-2-5-11-18)25(22)19-12-6-3-7-13-19/h2-15,22H,16H2,1H3. The lowest BCUT2D eigenvalue weighted by Crippen LogP contribution is -2.38. The van der Waals surface area contributed by atoms with Gasteiger partial charge in [-0.05, 0) is 25.1 Å². The van der Waals surface area contributed by atoms with Crippen molar-refractivity contribution in [2.75, 3.05) is 4.90 Å². The van der Waals surface area contributed by atoms with Crippen molar-refractivity contribution in [3.05, 3.63) is 96.1 Å². The number of benzene rings is 3. The summed E-state index contributed by atoms with van der Waals surface area (Å²) in [6.07, 6.45) is 0.442. The van der Waals surface area contributed by atoms with Crippen LogP contribution in [0.3, 0.4) is 0 Å². The molecule has 0 aromatic heterocycles. The third-order valence-electron chi connectivity index (χ3n) is 4.61. The first-order chi connectivity index (χ1) is 12.7. The summed E-state index contributed by atoms with van der Waals surface area (Å²) in [5.74, 6) is 1.04. The lowest BCUT2D eigenvalue weighted by atomic mass is 9.94. The van der Waals surface area contributed by atoms with Crippen LogP contribution < -0.4 is 4.90 Å². The van der Waals surface area contributed by atoms with Gasteiger partial charge in [-0.25, -0.2) is 4.99 Å². The van der Waals surface area contributed by atoms with E-state index in [9.17, 15) is 4.79 Å². The minimum atomic E-state index is -0.0705. The number of carbonyl (C=O) groups is 1. The monoisotopic (exact) mass is 340 g/mol. The van der Waals surface area contributed by atoms with Gasteiger partial charge in [-0.3, -0.25) is 4.79 Å². The van der Waals surface area contributed by atoms with Gasteiger partial charge in [-0.2, -0.15) is 0 Å². The van der Waals surface area contributed by atoms with Gasteiger partial charge in [0.05, 0.1) is 11.7 Å². The molecule has 4 rings (SSSR count). The van der Waals surface area contributed by atoms with Crippen LogP contribution in [0, 0.1) is 0 Å². The Morgan fingerprint density at radius 1 is 0.885 bits per heavy atom. The fourth-order valence-electron chi connectivity index (χ4n) is 3.48. The van der Waals surface area contributed by atoms with Crippen molar-refractivity contribution in [3.63, 3.8) is 0 Å². The largest absolute Gasteiger partial charge is 0.318 e. The number of anilines is 1. The number of nitrogens with zero attached hydrogens (tertiary/aromatic N) is 2. The van der Waals surface area contributed by atoms with E-state index in [0.29, 0.717) is 6.42 Å². The van der Waals surface area contributed by atoms with Crippen LogP contribution in [0.1, 0.15) is 30.5 Å². The second kappa shape index (κ2) is 6.96. The molecule has 128 valence electrons. The maximum atomic E-state index is 12.1.